The lowest BCUT2D eigenvalue weighted by atomic mass is 10.0. The van der Waals surface area contributed by atoms with Crippen LogP contribution < -0.4 is 0 Å². The summed E-state index contributed by atoms with van der Waals surface area (Å²) in [7, 11) is 0. The average molecular weight is 287 g/mol. The Morgan fingerprint density at radius 2 is 1.81 bits per heavy atom. The molecule has 0 bridgehead atoms. The van der Waals surface area contributed by atoms with E-state index in [4.69, 9.17) is 10.2 Å². The predicted octanol–water partition coefficient (Wildman–Crippen LogP) is 2.50. The highest BCUT2D eigenvalue weighted by Crippen LogP contribution is 2.20. The predicted molar refractivity (Wildman–Crippen MR) is 83.2 cm³/mol. The Balaban J connectivity index is 2.15. The molecule has 0 atom stereocenters. The molecule has 0 unspecified atom stereocenters. The number of hydrogen-bond acceptors (Lipinski definition) is 3. The van der Waals surface area contributed by atoms with Gasteiger partial charge in [0.2, 0.25) is 0 Å². The van der Waals surface area contributed by atoms with E-state index < -0.39 is 5.97 Å². The lowest BCUT2D eigenvalue weighted by molar-refractivity contribution is -0.137. The fourth-order valence-electron chi connectivity index (χ4n) is 2.49. The Bertz CT molecular complexity index is 592. The second-order valence-corrected chi connectivity index (χ2v) is 5.14. The van der Waals surface area contributed by atoms with Crippen molar-refractivity contribution < 1.29 is 15.0 Å². The lowest BCUT2D eigenvalue weighted by Gasteiger charge is -2.22. The highest BCUT2D eigenvalue weighted by atomic mass is 16.4. The first kappa shape index (κ1) is 15.5. The van der Waals surface area contributed by atoms with Crippen molar-refractivity contribution in [1.82, 2.24) is 4.90 Å². The maximum atomic E-state index is 10.8. The largest absolute Gasteiger partial charge is 0.481 e. The van der Waals surface area contributed by atoms with Gasteiger partial charge in [-0.3, -0.25) is 9.69 Å². The number of rotatable bonds is 8. The molecule has 0 heterocycles. The van der Waals surface area contributed by atoms with Gasteiger partial charge in [0.1, 0.15) is 0 Å². The molecule has 0 aliphatic carbocycles. The van der Waals surface area contributed by atoms with Crippen molar-refractivity contribution in [1.29, 1.82) is 0 Å². The number of hydrogen-bond donors (Lipinski definition) is 2. The van der Waals surface area contributed by atoms with Crippen molar-refractivity contribution >= 4 is 16.7 Å². The van der Waals surface area contributed by atoms with Crippen LogP contribution in [0.15, 0.2) is 42.5 Å². The van der Waals surface area contributed by atoms with Crippen molar-refractivity contribution in [2.24, 2.45) is 0 Å². The molecule has 2 N–H and O–H groups in total. The zero-order chi connectivity index (χ0) is 15.1. The van der Waals surface area contributed by atoms with Crippen LogP contribution >= 0.6 is 0 Å². The number of aliphatic hydroxyl groups is 1. The van der Waals surface area contributed by atoms with Crippen LogP contribution in [0.1, 0.15) is 18.4 Å². The molecule has 0 aliphatic rings. The number of nitrogens with zero attached hydrogens (tertiary/aromatic N) is 1. The van der Waals surface area contributed by atoms with E-state index in [2.05, 4.69) is 29.2 Å². The monoisotopic (exact) mass is 287 g/mol. The first-order chi connectivity index (χ1) is 10.2. The van der Waals surface area contributed by atoms with E-state index in [0.717, 1.165) is 0 Å². The first-order valence-corrected chi connectivity index (χ1v) is 7.22. The number of carboxylic acids is 1. The summed E-state index contributed by atoms with van der Waals surface area (Å²) < 4.78 is 0. The summed E-state index contributed by atoms with van der Waals surface area (Å²) in [5.41, 5.74) is 1.19. The van der Waals surface area contributed by atoms with E-state index in [0.29, 0.717) is 26.1 Å². The summed E-state index contributed by atoms with van der Waals surface area (Å²) in [6, 6.07) is 14.4. The maximum absolute atomic E-state index is 10.8. The molecule has 21 heavy (non-hydrogen) atoms. The van der Waals surface area contributed by atoms with Gasteiger partial charge in [-0.25, -0.2) is 0 Å². The van der Waals surface area contributed by atoms with Crippen LogP contribution in [0.3, 0.4) is 0 Å². The molecule has 0 aliphatic heterocycles. The van der Waals surface area contributed by atoms with Crippen LogP contribution in [0.2, 0.25) is 0 Å². The minimum Gasteiger partial charge on any atom is -0.481 e. The maximum Gasteiger partial charge on any atom is 0.304 e. The summed E-state index contributed by atoms with van der Waals surface area (Å²) in [6.07, 6.45) is 0.778. The Kier molecular flexibility index (Phi) is 5.72. The van der Waals surface area contributed by atoms with Gasteiger partial charge in [0.25, 0.3) is 0 Å². The molecule has 4 heteroatoms. The Morgan fingerprint density at radius 3 is 2.57 bits per heavy atom. The minimum atomic E-state index is -0.790. The fraction of sp³-hybridized carbons (Fsp3) is 0.353. The smallest absolute Gasteiger partial charge is 0.304 e. The van der Waals surface area contributed by atoms with Crippen molar-refractivity contribution in [2.75, 3.05) is 19.7 Å². The van der Waals surface area contributed by atoms with E-state index in [1.807, 2.05) is 18.2 Å². The molecule has 2 rings (SSSR count). The van der Waals surface area contributed by atoms with Gasteiger partial charge >= 0.3 is 5.97 Å². The van der Waals surface area contributed by atoms with Gasteiger partial charge in [-0.05, 0) is 22.8 Å². The van der Waals surface area contributed by atoms with Crippen molar-refractivity contribution in [3.63, 3.8) is 0 Å². The molecule has 0 saturated heterocycles. The number of fused-ring (bicyclic) bond motifs is 1. The summed E-state index contributed by atoms with van der Waals surface area (Å²) in [5, 5.41) is 20.2. The topological polar surface area (TPSA) is 60.8 Å². The van der Waals surface area contributed by atoms with E-state index in [1.165, 1.54) is 16.3 Å². The Morgan fingerprint density at radius 1 is 1.05 bits per heavy atom. The summed E-state index contributed by atoms with van der Waals surface area (Å²) >= 11 is 0. The van der Waals surface area contributed by atoms with Crippen LogP contribution in [0, 0.1) is 0 Å². The zero-order valence-electron chi connectivity index (χ0n) is 12.0. The molecule has 2 aromatic carbocycles. The number of aliphatic hydroxyl groups excluding tert-OH is 1. The number of aliphatic carboxylic acids is 1. The van der Waals surface area contributed by atoms with Gasteiger partial charge in [0.05, 0.1) is 6.42 Å². The molecular weight excluding hydrogens is 266 g/mol. The zero-order valence-corrected chi connectivity index (χ0v) is 12.0. The Labute approximate surface area is 124 Å². The molecule has 0 amide bonds. The normalized spacial score (nSPS) is 11.1. The SMILES string of the molecule is O=C(O)CCN(CCCO)Cc1cccc2ccccc12. The second-order valence-electron chi connectivity index (χ2n) is 5.14. The van der Waals surface area contributed by atoms with E-state index in [9.17, 15) is 4.79 Å². The molecular formula is C17H21NO3. The van der Waals surface area contributed by atoms with Gasteiger partial charge in [-0.1, -0.05) is 42.5 Å². The molecule has 0 fully saturated rings. The number of carbonyl (C=O) groups is 1. The van der Waals surface area contributed by atoms with Crippen LogP contribution in [0.25, 0.3) is 10.8 Å². The van der Waals surface area contributed by atoms with Gasteiger partial charge in [0, 0.05) is 26.2 Å². The van der Waals surface area contributed by atoms with Crippen molar-refractivity contribution in [2.45, 2.75) is 19.4 Å². The molecule has 0 saturated carbocycles. The fourth-order valence-corrected chi connectivity index (χ4v) is 2.49. The van der Waals surface area contributed by atoms with Crippen molar-refractivity contribution in [3.8, 4) is 0 Å². The standard InChI is InChI=1S/C17H21NO3/c19-12-4-10-18(11-9-17(20)21)13-15-7-3-6-14-5-1-2-8-16(14)15/h1-3,5-8,19H,4,9-13H2,(H,20,21). The number of benzene rings is 2. The van der Waals surface area contributed by atoms with E-state index >= 15 is 0 Å². The molecule has 112 valence electrons. The molecule has 4 nitrogen and oxygen atoms in total. The van der Waals surface area contributed by atoms with Crippen LogP contribution in [0.4, 0.5) is 0 Å². The summed E-state index contributed by atoms with van der Waals surface area (Å²) in [4.78, 5) is 12.9. The third-order valence-corrected chi connectivity index (χ3v) is 3.55. The van der Waals surface area contributed by atoms with E-state index in [-0.39, 0.29) is 13.0 Å². The highest BCUT2D eigenvalue weighted by Gasteiger charge is 2.10. The van der Waals surface area contributed by atoms with Crippen LogP contribution in [0.5, 0.6) is 0 Å². The molecule has 2 aromatic rings. The van der Waals surface area contributed by atoms with Crippen LogP contribution in [-0.4, -0.2) is 40.8 Å². The van der Waals surface area contributed by atoms with Gasteiger partial charge < -0.3 is 10.2 Å². The van der Waals surface area contributed by atoms with Gasteiger partial charge in [0.15, 0.2) is 0 Å². The molecule has 0 radical (unpaired) electrons. The molecule has 0 spiro atoms. The quantitative estimate of drug-likeness (QED) is 0.783. The average Bonchev–Trinajstić information content (AvgIpc) is 2.50. The number of carboxylic acid groups (broad SMARTS) is 1. The van der Waals surface area contributed by atoms with Crippen molar-refractivity contribution in [3.05, 3.63) is 48.0 Å². The highest BCUT2D eigenvalue weighted by molar-refractivity contribution is 5.85. The van der Waals surface area contributed by atoms with Gasteiger partial charge in [-0.15, -0.1) is 0 Å². The van der Waals surface area contributed by atoms with E-state index in [1.54, 1.807) is 0 Å². The third kappa shape index (κ3) is 4.55. The minimum absolute atomic E-state index is 0.121. The first-order valence-electron chi connectivity index (χ1n) is 7.22. The Hall–Kier alpha value is -1.91. The van der Waals surface area contributed by atoms with Gasteiger partial charge in [-0.2, -0.15) is 0 Å². The summed E-state index contributed by atoms with van der Waals surface area (Å²) in [5.74, 6) is -0.790. The molecule has 0 aromatic heterocycles. The third-order valence-electron chi connectivity index (χ3n) is 3.55. The summed E-state index contributed by atoms with van der Waals surface area (Å²) in [6.45, 7) is 2.03. The second kappa shape index (κ2) is 7.76. The lowest BCUT2D eigenvalue weighted by Crippen LogP contribution is -2.27. The van der Waals surface area contributed by atoms with Crippen LogP contribution in [-0.2, 0) is 11.3 Å².